The summed E-state index contributed by atoms with van der Waals surface area (Å²) in [4.78, 5) is 54.2. The van der Waals surface area contributed by atoms with Gasteiger partial charge in [-0.2, -0.15) is 10.1 Å². The third kappa shape index (κ3) is 4.22. The molecule has 0 spiro atoms. The predicted molar refractivity (Wildman–Crippen MR) is 124 cm³/mol. The number of fused-ring (bicyclic) bond motifs is 1. The van der Waals surface area contributed by atoms with E-state index in [-0.39, 0.29) is 23.4 Å². The largest absolute Gasteiger partial charge is 0.342 e. The Labute approximate surface area is 190 Å². The number of nitro groups is 2. The second kappa shape index (κ2) is 9.13. The lowest BCUT2D eigenvalue weighted by atomic mass is 10.1. The molecule has 0 bridgehead atoms. The number of nitrogens with zero attached hydrogens (tertiary/aromatic N) is 7. The van der Waals surface area contributed by atoms with Crippen molar-refractivity contribution < 1.29 is 9.85 Å². The molecule has 2 aromatic heterocycles. The number of nitrogens with one attached hydrogen (secondary N) is 2. The third-order valence-electron chi connectivity index (χ3n) is 5.56. The first-order valence-corrected chi connectivity index (χ1v) is 10.4. The number of rotatable bonds is 7. The molecule has 34 heavy (non-hydrogen) atoms. The number of imidazole rings is 1. The number of benzene rings is 1. The van der Waals surface area contributed by atoms with E-state index in [9.17, 15) is 29.8 Å². The fourth-order valence-corrected chi connectivity index (χ4v) is 3.85. The van der Waals surface area contributed by atoms with Crippen LogP contribution in [0.15, 0.2) is 32.9 Å². The molecule has 0 aliphatic carbocycles. The van der Waals surface area contributed by atoms with Gasteiger partial charge in [-0.25, -0.2) is 4.79 Å². The number of aromatic amines is 1. The third-order valence-corrected chi connectivity index (χ3v) is 5.56. The van der Waals surface area contributed by atoms with Gasteiger partial charge in [0.2, 0.25) is 5.95 Å². The van der Waals surface area contributed by atoms with E-state index >= 15 is 0 Å². The lowest BCUT2D eigenvalue weighted by Gasteiger charge is -2.27. The van der Waals surface area contributed by atoms with E-state index in [1.165, 1.54) is 23.9 Å². The van der Waals surface area contributed by atoms with E-state index in [1.54, 1.807) is 4.57 Å². The van der Waals surface area contributed by atoms with Crippen LogP contribution in [0, 0.1) is 20.2 Å². The van der Waals surface area contributed by atoms with E-state index in [0.717, 1.165) is 44.5 Å². The summed E-state index contributed by atoms with van der Waals surface area (Å²) in [7, 11) is 1.52. The molecular formula is C19H21N9O6. The van der Waals surface area contributed by atoms with Crippen LogP contribution in [0.4, 0.5) is 23.0 Å². The van der Waals surface area contributed by atoms with Crippen LogP contribution in [0.25, 0.3) is 11.2 Å². The van der Waals surface area contributed by atoms with Crippen molar-refractivity contribution in [3.05, 3.63) is 59.3 Å². The Bertz CT molecular complexity index is 1410. The van der Waals surface area contributed by atoms with Crippen molar-refractivity contribution in [1.29, 1.82) is 0 Å². The zero-order valence-corrected chi connectivity index (χ0v) is 18.1. The molecule has 4 rings (SSSR count). The van der Waals surface area contributed by atoms with Gasteiger partial charge in [-0.1, -0.05) is 0 Å². The highest BCUT2D eigenvalue weighted by molar-refractivity contribution is 5.76. The molecule has 3 heterocycles. The van der Waals surface area contributed by atoms with Gasteiger partial charge in [-0.05, 0) is 25.3 Å². The van der Waals surface area contributed by atoms with Crippen molar-refractivity contribution in [2.24, 2.45) is 12.1 Å². The summed E-state index contributed by atoms with van der Waals surface area (Å²) in [5.41, 5.74) is 0.862. The average molecular weight is 471 g/mol. The van der Waals surface area contributed by atoms with Crippen LogP contribution < -0.4 is 21.6 Å². The normalized spacial score (nSPS) is 14.1. The second-order valence-corrected chi connectivity index (χ2v) is 7.70. The molecule has 1 aliphatic rings. The monoisotopic (exact) mass is 471 g/mol. The predicted octanol–water partition coefficient (Wildman–Crippen LogP) is 1.33. The summed E-state index contributed by atoms with van der Waals surface area (Å²) < 4.78 is 2.89. The molecule has 3 aromatic rings. The molecule has 0 amide bonds. The van der Waals surface area contributed by atoms with Gasteiger partial charge < -0.3 is 4.90 Å². The minimum atomic E-state index is -0.747. The molecular weight excluding hydrogens is 450 g/mol. The Morgan fingerprint density at radius 2 is 1.91 bits per heavy atom. The van der Waals surface area contributed by atoms with Gasteiger partial charge in [0.1, 0.15) is 5.69 Å². The van der Waals surface area contributed by atoms with Crippen molar-refractivity contribution in [3.8, 4) is 0 Å². The highest BCUT2D eigenvalue weighted by atomic mass is 16.6. The van der Waals surface area contributed by atoms with E-state index < -0.39 is 32.5 Å². The number of non-ortho nitro benzene ring substituents is 1. The van der Waals surface area contributed by atoms with Gasteiger partial charge in [0.05, 0.1) is 22.5 Å². The number of anilines is 2. The van der Waals surface area contributed by atoms with E-state index in [2.05, 4.69) is 20.5 Å². The van der Waals surface area contributed by atoms with Crippen LogP contribution in [0.5, 0.6) is 0 Å². The minimum Gasteiger partial charge on any atom is -0.342 e. The van der Waals surface area contributed by atoms with Crippen LogP contribution in [0.1, 0.15) is 19.3 Å². The number of hydrogen-bond acceptors (Lipinski definition) is 10. The van der Waals surface area contributed by atoms with Gasteiger partial charge in [-0.3, -0.25) is 44.6 Å². The topological polar surface area (TPSA) is 187 Å². The van der Waals surface area contributed by atoms with E-state index in [4.69, 9.17) is 0 Å². The van der Waals surface area contributed by atoms with Crippen molar-refractivity contribution >= 4 is 40.4 Å². The Morgan fingerprint density at radius 3 is 2.59 bits per heavy atom. The average Bonchev–Trinajstić information content (AvgIpc) is 3.21. The number of nitro benzene ring substituents is 2. The standard InChI is InChI=1S/C19H21N9O6/c1-24-16-15(17(29)22-19(24)30)26(18(21-16)25-8-3-2-4-9-25)10-7-20-23-13-6-5-12(27(31)32)11-14(13)28(33)34/h5-7,11,23H,2-4,8-10H2,1H3,(H,22,29,30)/b20-7-. The number of hydrogen-bond donors (Lipinski definition) is 2. The minimum absolute atomic E-state index is 0.0289. The molecule has 0 saturated carbocycles. The lowest BCUT2D eigenvalue weighted by molar-refractivity contribution is -0.393. The first kappa shape index (κ1) is 22.6. The number of hydrazone groups is 1. The molecule has 0 radical (unpaired) electrons. The summed E-state index contributed by atoms with van der Waals surface area (Å²) >= 11 is 0. The maximum absolute atomic E-state index is 12.6. The van der Waals surface area contributed by atoms with Crippen LogP contribution in [-0.4, -0.2) is 48.3 Å². The lowest BCUT2D eigenvalue weighted by Crippen LogP contribution is -2.32. The van der Waals surface area contributed by atoms with E-state index in [0.29, 0.717) is 5.95 Å². The highest BCUT2D eigenvalue weighted by Crippen LogP contribution is 2.29. The summed E-state index contributed by atoms with van der Waals surface area (Å²) in [6.45, 7) is 1.58. The van der Waals surface area contributed by atoms with Gasteiger partial charge in [0, 0.05) is 32.4 Å². The number of aryl methyl sites for hydroxylation is 1. The van der Waals surface area contributed by atoms with Crippen LogP contribution in [-0.2, 0) is 13.6 Å². The fourth-order valence-electron chi connectivity index (χ4n) is 3.85. The molecule has 1 aliphatic heterocycles. The zero-order chi connectivity index (χ0) is 24.4. The quantitative estimate of drug-likeness (QED) is 0.291. The Hall–Kier alpha value is -4.56. The fraction of sp³-hybridized carbons (Fsp3) is 0.368. The molecule has 2 N–H and O–H groups in total. The summed E-state index contributed by atoms with van der Waals surface area (Å²) in [5.74, 6) is 0.522. The Kier molecular flexibility index (Phi) is 6.07. The van der Waals surface area contributed by atoms with Crippen LogP contribution in [0.2, 0.25) is 0 Å². The number of H-pyrrole nitrogens is 1. The molecule has 1 fully saturated rings. The SMILES string of the molecule is Cn1c(=O)[nH]c(=O)c2c1nc(N1CCCCC1)n2C/C=N\Nc1ccc([N+](=O)[O-])cc1[N+](=O)[O-]. The molecule has 15 heteroatoms. The maximum Gasteiger partial charge on any atom is 0.329 e. The molecule has 1 saturated heterocycles. The summed E-state index contributed by atoms with van der Waals surface area (Å²) in [5, 5.41) is 26.2. The smallest absolute Gasteiger partial charge is 0.329 e. The van der Waals surface area contributed by atoms with Gasteiger partial charge in [0.15, 0.2) is 11.2 Å². The summed E-state index contributed by atoms with van der Waals surface area (Å²) in [6.07, 6.45) is 4.43. The van der Waals surface area contributed by atoms with Crippen LogP contribution >= 0.6 is 0 Å². The van der Waals surface area contributed by atoms with Crippen molar-refractivity contribution in [2.45, 2.75) is 25.8 Å². The van der Waals surface area contributed by atoms with Crippen molar-refractivity contribution in [1.82, 2.24) is 19.1 Å². The van der Waals surface area contributed by atoms with Gasteiger partial charge in [0.25, 0.3) is 11.2 Å². The zero-order valence-electron chi connectivity index (χ0n) is 18.1. The molecule has 178 valence electrons. The second-order valence-electron chi connectivity index (χ2n) is 7.70. The molecule has 0 atom stereocenters. The number of piperidine rings is 1. The summed E-state index contributed by atoms with van der Waals surface area (Å²) in [6, 6.07) is 3.17. The molecule has 1 aromatic carbocycles. The first-order chi connectivity index (χ1) is 16.3. The first-order valence-electron chi connectivity index (χ1n) is 10.4. The highest BCUT2D eigenvalue weighted by Gasteiger charge is 2.23. The Morgan fingerprint density at radius 1 is 1.18 bits per heavy atom. The van der Waals surface area contributed by atoms with Crippen LogP contribution in [0.3, 0.4) is 0 Å². The van der Waals surface area contributed by atoms with Crippen molar-refractivity contribution in [3.63, 3.8) is 0 Å². The molecule has 0 unspecified atom stereocenters. The van der Waals surface area contributed by atoms with Gasteiger partial charge in [-0.15, -0.1) is 0 Å². The molecule has 15 nitrogen and oxygen atoms in total. The Balaban J connectivity index is 1.66. The maximum atomic E-state index is 12.6. The van der Waals surface area contributed by atoms with Gasteiger partial charge >= 0.3 is 11.4 Å². The van der Waals surface area contributed by atoms with Crippen molar-refractivity contribution in [2.75, 3.05) is 23.4 Å². The number of aromatic nitrogens is 4. The van der Waals surface area contributed by atoms with E-state index in [1.807, 2.05) is 4.90 Å².